The lowest BCUT2D eigenvalue weighted by molar-refractivity contribution is -0.120. The van der Waals surface area contributed by atoms with E-state index >= 15 is 0 Å². The third-order valence-corrected chi connectivity index (χ3v) is 4.27. The van der Waals surface area contributed by atoms with E-state index in [1.54, 1.807) is 18.3 Å². The molecule has 24 heavy (non-hydrogen) atoms. The Morgan fingerprint density at radius 3 is 2.71 bits per heavy atom. The van der Waals surface area contributed by atoms with Crippen LogP contribution in [0.3, 0.4) is 0 Å². The standard InChI is InChI=1S/C17H21FN4O.ClH/c1-17(2)7-14(21-16(23)9-19)13-10-20-22(15(13)8-17)12-5-3-11(18)4-6-12;/h3-6,10,14H,7-9,19H2,1-2H3,(H,21,23);1H. The first-order chi connectivity index (χ1) is 10.9. The fourth-order valence-corrected chi connectivity index (χ4v) is 3.23. The van der Waals surface area contributed by atoms with Gasteiger partial charge in [-0.05, 0) is 42.5 Å². The van der Waals surface area contributed by atoms with E-state index < -0.39 is 0 Å². The van der Waals surface area contributed by atoms with Crippen LogP contribution in [0.5, 0.6) is 0 Å². The van der Waals surface area contributed by atoms with Crippen LogP contribution >= 0.6 is 12.4 Å². The van der Waals surface area contributed by atoms with Gasteiger partial charge in [-0.3, -0.25) is 4.79 Å². The molecule has 1 aliphatic carbocycles. The van der Waals surface area contributed by atoms with E-state index in [9.17, 15) is 9.18 Å². The molecule has 0 bridgehead atoms. The Hall–Kier alpha value is -1.92. The van der Waals surface area contributed by atoms with Crippen LogP contribution in [0.2, 0.25) is 0 Å². The van der Waals surface area contributed by atoms with Crippen LogP contribution in [-0.4, -0.2) is 22.2 Å². The van der Waals surface area contributed by atoms with E-state index in [-0.39, 0.29) is 42.1 Å². The lowest BCUT2D eigenvalue weighted by Gasteiger charge is -2.35. The van der Waals surface area contributed by atoms with E-state index in [2.05, 4.69) is 24.3 Å². The van der Waals surface area contributed by atoms with Crippen molar-refractivity contribution in [2.24, 2.45) is 11.1 Å². The number of nitrogens with zero attached hydrogens (tertiary/aromatic N) is 2. The fourth-order valence-electron chi connectivity index (χ4n) is 3.23. The van der Waals surface area contributed by atoms with E-state index in [1.165, 1.54) is 12.1 Å². The molecule has 2 aromatic rings. The van der Waals surface area contributed by atoms with Gasteiger partial charge in [0.1, 0.15) is 5.82 Å². The Labute approximate surface area is 146 Å². The van der Waals surface area contributed by atoms with Crippen LogP contribution in [0.25, 0.3) is 5.69 Å². The zero-order valence-electron chi connectivity index (χ0n) is 13.8. The molecular weight excluding hydrogens is 331 g/mol. The summed E-state index contributed by atoms with van der Waals surface area (Å²) in [7, 11) is 0. The zero-order chi connectivity index (χ0) is 16.6. The first-order valence-electron chi connectivity index (χ1n) is 7.72. The van der Waals surface area contributed by atoms with E-state index in [1.807, 2.05) is 4.68 Å². The molecule has 0 saturated heterocycles. The molecule has 0 aliphatic heterocycles. The molecule has 1 atom stereocenters. The van der Waals surface area contributed by atoms with Crippen LogP contribution in [-0.2, 0) is 11.2 Å². The minimum atomic E-state index is -0.275. The molecule has 0 fully saturated rings. The average molecular weight is 353 g/mol. The number of halogens is 2. The molecule has 0 radical (unpaired) electrons. The topological polar surface area (TPSA) is 72.9 Å². The molecule has 1 amide bonds. The van der Waals surface area contributed by atoms with Crippen molar-refractivity contribution in [1.29, 1.82) is 0 Å². The molecule has 3 N–H and O–H groups in total. The van der Waals surface area contributed by atoms with Crippen molar-refractivity contribution in [3.63, 3.8) is 0 Å². The number of hydrogen-bond donors (Lipinski definition) is 2. The molecule has 130 valence electrons. The second-order valence-corrected chi connectivity index (χ2v) is 6.80. The summed E-state index contributed by atoms with van der Waals surface area (Å²) in [6.45, 7) is 4.30. The van der Waals surface area contributed by atoms with Crippen molar-refractivity contribution in [1.82, 2.24) is 15.1 Å². The summed E-state index contributed by atoms with van der Waals surface area (Å²) < 4.78 is 15.0. The molecule has 1 unspecified atom stereocenters. The highest BCUT2D eigenvalue weighted by Gasteiger charge is 2.35. The lowest BCUT2D eigenvalue weighted by atomic mass is 9.74. The van der Waals surface area contributed by atoms with E-state index in [0.717, 1.165) is 29.8 Å². The Morgan fingerprint density at radius 2 is 2.08 bits per heavy atom. The van der Waals surface area contributed by atoms with Gasteiger partial charge in [0.25, 0.3) is 0 Å². The molecule has 0 saturated carbocycles. The summed E-state index contributed by atoms with van der Waals surface area (Å²) in [4.78, 5) is 11.7. The summed E-state index contributed by atoms with van der Waals surface area (Å²) in [5.74, 6) is -0.448. The van der Waals surface area contributed by atoms with Crippen molar-refractivity contribution < 1.29 is 9.18 Å². The molecule has 1 aromatic carbocycles. The number of benzene rings is 1. The van der Waals surface area contributed by atoms with Gasteiger partial charge >= 0.3 is 0 Å². The van der Waals surface area contributed by atoms with Gasteiger partial charge in [-0.1, -0.05) is 13.8 Å². The highest BCUT2D eigenvalue weighted by atomic mass is 35.5. The van der Waals surface area contributed by atoms with Crippen LogP contribution in [0.4, 0.5) is 4.39 Å². The van der Waals surface area contributed by atoms with Gasteiger partial charge in [-0.15, -0.1) is 12.4 Å². The molecule has 5 nitrogen and oxygen atoms in total. The number of aromatic nitrogens is 2. The smallest absolute Gasteiger partial charge is 0.234 e. The third-order valence-electron chi connectivity index (χ3n) is 4.27. The van der Waals surface area contributed by atoms with Gasteiger partial charge in [0.15, 0.2) is 0 Å². The summed E-state index contributed by atoms with van der Waals surface area (Å²) in [6.07, 6.45) is 3.46. The van der Waals surface area contributed by atoms with Gasteiger partial charge in [-0.25, -0.2) is 9.07 Å². The van der Waals surface area contributed by atoms with Gasteiger partial charge in [0.2, 0.25) is 5.91 Å². The van der Waals surface area contributed by atoms with Crippen LogP contribution in [0, 0.1) is 11.2 Å². The minimum Gasteiger partial charge on any atom is -0.348 e. The number of rotatable bonds is 3. The number of nitrogens with one attached hydrogen (secondary N) is 1. The summed E-state index contributed by atoms with van der Waals surface area (Å²) in [5.41, 5.74) is 8.32. The van der Waals surface area contributed by atoms with Gasteiger partial charge < -0.3 is 11.1 Å². The van der Waals surface area contributed by atoms with Gasteiger partial charge in [0, 0.05) is 5.56 Å². The second-order valence-electron chi connectivity index (χ2n) is 6.80. The maximum atomic E-state index is 13.1. The summed E-state index contributed by atoms with van der Waals surface area (Å²) in [5, 5.41) is 7.44. The Kier molecular flexibility index (Phi) is 5.30. The minimum absolute atomic E-state index is 0. The van der Waals surface area contributed by atoms with E-state index in [4.69, 9.17) is 5.73 Å². The summed E-state index contributed by atoms with van der Waals surface area (Å²) in [6, 6.07) is 6.16. The third kappa shape index (κ3) is 3.60. The van der Waals surface area contributed by atoms with Crippen molar-refractivity contribution in [2.45, 2.75) is 32.7 Å². The van der Waals surface area contributed by atoms with Crippen LogP contribution in [0.1, 0.15) is 37.6 Å². The SMILES string of the molecule is CC1(C)Cc2c(cnn2-c2ccc(F)cc2)C(NC(=O)CN)C1.Cl. The Morgan fingerprint density at radius 1 is 1.42 bits per heavy atom. The monoisotopic (exact) mass is 352 g/mol. The van der Waals surface area contributed by atoms with Gasteiger partial charge in [0.05, 0.1) is 30.2 Å². The predicted octanol–water partition coefficient (Wildman–Crippen LogP) is 2.52. The molecule has 1 aromatic heterocycles. The van der Waals surface area contributed by atoms with Crippen molar-refractivity contribution in [3.8, 4) is 5.69 Å². The number of nitrogens with two attached hydrogens (primary N) is 1. The first kappa shape index (κ1) is 18.4. The number of amides is 1. The number of hydrogen-bond acceptors (Lipinski definition) is 3. The molecule has 0 spiro atoms. The average Bonchev–Trinajstić information content (AvgIpc) is 2.90. The zero-order valence-corrected chi connectivity index (χ0v) is 14.6. The van der Waals surface area contributed by atoms with Crippen molar-refractivity contribution in [2.75, 3.05) is 6.54 Å². The number of carbonyl (C=O) groups excluding carboxylic acids is 1. The second kappa shape index (κ2) is 6.91. The Bertz CT molecular complexity index is 727. The lowest BCUT2D eigenvalue weighted by Crippen LogP contribution is -2.39. The molecule has 7 heteroatoms. The number of carbonyl (C=O) groups is 1. The van der Waals surface area contributed by atoms with Crippen molar-refractivity contribution >= 4 is 18.3 Å². The van der Waals surface area contributed by atoms with Crippen molar-refractivity contribution in [3.05, 3.63) is 47.5 Å². The first-order valence-corrected chi connectivity index (χ1v) is 7.72. The quantitative estimate of drug-likeness (QED) is 0.891. The predicted molar refractivity (Wildman–Crippen MR) is 92.8 cm³/mol. The highest BCUT2D eigenvalue weighted by Crippen LogP contribution is 2.41. The van der Waals surface area contributed by atoms with Crippen LogP contribution < -0.4 is 11.1 Å². The maximum absolute atomic E-state index is 13.1. The van der Waals surface area contributed by atoms with Crippen LogP contribution in [0.15, 0.2) is 30.5 Å². The fraction of sp³-hybridized carbons (Fsp3) is 0.412. The Balaban J connectivity index is 0.00000208. The van der Waals surface area contributed by atoms with Gasteiger partial charge in [-0.2, -0.15) is 5.10 Å². The summed E-state index contributed by atoms with van der Waals surface area (Å²) >= 11 is 0. The molecule has 3 rings (SSSR count). The van der Waals surface area contributed by atoms with E-state index in [0.29, 0.717) is 0 Å². The maximum Gasteiger partial charge on any atom is 0.234 e. The molecule has 1 aliphatic rings. The molecular formula is C17H22ClFN4O. The molecule has 1 heterocycles. The number of fused-ring (bicyclic) bond motifs is 1. The largest absolute Gasteiger partial charge is 0.348 e. The highest BCUT2D eigenvalue weighted by molar-refractivity contribution is 5.85. The normalized spacial score (nSPS) is 18.4.